The third-order valence-corrected chi connectivity index (χ3v) is 3.37. The molecule has 1 aromatic rings. The number of nitrogens with two attached hydrogens (primary N) is 1. The SMILES string of the molecule is NC(CC(=O)O)c1c(O)c(Br)cc2c1OCCCO2. The zero-order valence-electron chi connectivity index (χ0n) is 10.1. The van der Waals surface area contributed by atoms with Gasteiger partial charge in [-0.2, -0.15) is 0 Å². The number of carbonyl (C=O) groups is 1. The predicted molar refractivity (Wildman–Crippen MR) is 70.6 cm³/mol. The topological polar surface area (TPSA) is 102 Å². The molecular weight excluding hydrogens is 318 g/mol. The van der Waals surface area contributed by atoms with E-state index in [2.05, 4.69) is 15.9 Å². The molecule has 1 unspecified atom stereocenters. The molecule has 1 aliphatic heterocycles. The largest absolute Gasteiger partial charge is 0.506 e. The molecule has 0 radical (unpaired) electrons. The first-order valence-corrected chi connectivity index (χ1v) is 6.58. The third-order valence-electron chi connectivity index (χ3n) is 2.77. The first kappa shape index (κ1) is 14.0. The van der Waals surface area contributed by atoms with Crippen LogP contribution in [0.1, 0.15) is 24.4 Å². The average Bonchev–Trinajstić information content (AvgIpc) is 2.54. The van der Waals surface area contributed by atoms with Gasteiger partial charge in [0.15, 0.2) is 11.5 Å². The lowest BCUT2D eigenvalue weighted by Crippen LogP contribution is -2.16. The number of carboxylic acids is 1. The van der Waals surface area contributed by atoms with Crippen LogP contribution in [0.2, 0.25) is 0 Å². The predicted octanol–water partition coefficient (Wildman–Crippen LogP) is 1.79. The van der Waals surface area contributed by atoms with E-state index in [0.717, 1.165) is 0 Å². The van der Waals surface area contributed by atoms with E-state index < -0.39 is 12.0 Å². The molecule has 1 heterocycles. The molecule has 1 aliphatic rings. The molecular formula is C12H14BrNO5. The molecule has 2 rings (SSSR count). The number of fused-ring (bicyclic) bond motifs is 1. The van der Waals surface area contributed by atoms with Gasteiger partial charge in [0.2, 0.25) is 0 Å². The molecule has 6 nitrogen and oxygen atoms in total. The fourth-order valence-electron chi connectivity index (χ4n) is 1.92. The first-order chi connectivity index (χ1) is 9.00. The van der Waals surface area contributed by atoms with Crippen LogP contribution in [0.25, 0.3) is 0 Å². The second-order valence-electron chi connectivity index (χ2n) is 4.20. The second kappa shape index (κ2) is 5.66. The van der Waals surface area contributed by atoms with E-state index in [1.54, 1.807) is 6.07 Å². The minimum Gasteiger partial charge on any atom is -0.506 e. The molecule has 0 saturated carbocycles. The van der Waals surface area contributed by atoms with E-state index in [1.807, 2.05) is 0 Å². The molecule has 0 fully saturated rings. The summed E-state index contributed by atoms with van der Waals surface area (Å²) in [6, 6.07) is 0.720. The molecule has 0 aromatic heterocycles. The maximum Gasteiger partial charge on any atom is 0.305 e. The number of ether oxygens (including phenoxy) is 2. The summed E-state index contributed by atoms with van der Waals surface area (Å²) in [5.74, 6) is -0.377. The Balaban J connectivity index is 2.50. The molecule has 0 saturated heterocycles. The van der Waals surface area contributed by atoms with Crippen LogP contribution in [0.3, 0.4) is 0 Å². The smallest absolute Gasteiger partial charge is 0.305 e. The van der Waals surface area contributed by atoms with Crippen LogP contribution >= 0.6 is 15.9 Å². The average molecular weight is 332 g/mol. The van der Waals surface area contributed by atoms with Crippen molar-refractivity contribution in [3.05, 3.63) is 16.1 Å². The summed E-state index contributed by atoms with van der Waals surface area (Å²) in [4.78, 5) is 10.8. The standard InChI is InChI=1S/C12H14BrNO5/c13-6-4-8-12(19-3-1-2-18-8)10(11(6)17)7(14)5-9(15)16/h4,7,17H,1-3,5,14H2,(H,15,16). The number of hydrogen-bond acceptors (Lipinski definition) is 5. The monoisotopic (exact) mass is 331 g/mol. The summed E-state index contributed by atoms with van der Waals surface area (Å²) >= 11 is 3.20. The van der Waals surface area contributed by atoms with Gasteiger partial charge < -0.3 is 25.4 Å². The van der Waals surface area contributed by atoms with Gasteiger partial charge in [0, 0.05) is 18.5 Å². The number of hydrogen-bond donors (Lipinski definition) is 3. The number of halogens is 1. The number of phenols is 1. The molecule has 19 heavy (non-hydrogen) atoms. The van der Waals surface area contributed by atoms with Gasteiger partial charge in [-0.3, -0.25) is 4.79 Å². The summed E-state index contributed by atoms with van der Waals surface area (Å²) in [7, 11) is 0. The molecule has 1 atom stereocenters. The van der Waals surface area contributed by atoms with Crippen LogP contribution in [0.15, 0.2) is 10.5 Å². The van der Waals surface area contributed by atoms with E-state index in [-0.39, 0.29) is 17.7 Å². The Hall–Kier alpha value is -1.47. The number of carboxylic acid groups (broad SMARTS) is 1. The van der Waals surface area contributed by atoms with Crippen molar-refractivity contribution in [3.8, 4) is 17.2 Å². The second-order valence-corrected chi connectivity index (χ2v) is 5.06. The van der Waals surface area contributed by atoms with Crippen molar-refractivity contribution in [1.82, 2.24) is 0 Å². The molecule has 1 aromatic carbocycles. The Bertz CT molecular complexity index is 505. The Morgan fingerprint density at radius 2 is 2.16 bits per heavy atom. The molecule has 0 bridgehead atoms. The van der Waals surface area contributed by atoms with Crippen LogP contribution in [0, 0.1) is 0 Å². The Morgan fingerprint density at radius 1 is 1.47 bits per heavy atom. The van der Waals surface area contributed by atoms with E-state index >= 15 is 0 Å². The summed E-state index contributed by atoms with van der Waals surface area (Å²) in [6.45, 7) is 0.929. The quantitative estimate of drug-likeness (QED) is 0.780. The fraction of sp³-hybridized carbons (Fsp3) is 0.417. The lowest BCUT2D eigenvalue weighted by molar-refractivity contribution is -0.137. The molecule has 7 heteroatoms. The van der Waals surface area contributed by atoms with Crippen LogP contribution in [0.4, 0.5) is 0 Å². The van der Waals surface area contributed by atoms with Crippen molar-refractivity contribution in [2.75, 3.05) is 13.2 Å². The van der Waals surface area contributed by atoms with Gasteiger partial charge in [0.25, 0.3) is 0 Å². The molecule has 104 valence electrons. The van der Waals surface area contributed by atoms with Crippen LogP contribution in [-0.4, -0.2) is 29.4 Å². The number of aliphatic carboxylic acids is 1. The van der Waals surface area contributed by atoms with Crippen LogP contribution < -0.4 is 15.2 Å². The molecule has 0 aliphatic carbocycles. The Morgan fingerprint density at radius 3 is 2.84 bits per heavy atom. The highest BCUT2D eigenvalue weighted by molar-refractivity contribution is 9.10. The maximum absolute atomic E-state index is 10.8. The number of rotatable bonds is 3. The summed E-state index contributed by atoms with van der Waals surface area (Å²) in [5, 5.41) is 18.9. The molecule has 0 amide bonds. The number of aromatic hydroxyl groups is 1. The third kappa shape index (κ3) is 2.93. The molecule has 4 N–H and O–H groups in total. The highest BCUT2D eigenvalue weighted by Gasteiger charge is 2.26. The summed E-state index contributed by atoms with van der Waals surface area (Å²) < 4.78 is 11.4. The van der Waals surface area contributed by atoms with Gasteiger partial charge in [-0.15, -0.1) is 0 Å². The van der Waals surface area contributed by atoms with Gasteiger partial charge >= 0.3 is 5.97 Å². The lowest BCUT2D eigenvalue weighted by atomic mass is 10.0. The maximum atomic E-state index is 10.8. The van der Waals surface area contributed by atoms with Gasteiger partial charge in [-0.1, -0.05) is 0 Å². The van der Waals surface area contributed by atoms with E-state index in [4.69, 9.17) is 20.3 Å². The highest BCUT2D eigenvalue weighted by Crippen LogP contribution is 2.46. The van der Waals surface area contributed by atoms with Gasteiger partial charge in [-0.25, -0.2) is 0 Å². The van der Waals surface area contributed by atoms with Crippen LogP contribution in [0.5, 0.6) is 17.2 Å². The Kier molecular flexibility index (Phi) is 4.16. The van der Waals surface area contributed by atoms with E-state index in [9.17, 15) is 9.90 Å². The highest BCUT2D eigenvalue weighted by atomic mass is 79.9. The van der Waals surface area contributed by atoms with Gasteiger partial charge in [-0.05, 0) is 15.9 Å². The first-order valence-electron chi connectivity index (χ1n) is 5.79. The van der Waals surface area contributed by atoms with Crippen molar-refractivity contribution < 1.29 is 24.5 Å². The number of benzene rings is 1. The van der Waals surface area contributed by atoms with Crippen molar-refractivity contribution in [2.45, 2.75) is 18.9 Å². The van der Waals surface area contributed by atoms with Crippen LogP contribution in [-0.2, 0) is 4.79 Å². The lowest BCUT2D eigenvalue weighted by Gasteiger charge is -2.19. The zero-order chi connectivity index (χ0) is 14.0. The summed E-state index contributed by atoms with van der Waals surface area (Å²) in [5.41, 5.74) is 6.10. The normalized spacial score (nSPS) is 15.7. The van der Waals surface area contributed by atoms with Crippen molar-refractivity contribution in [3.63, 3.8) is 0 Å². The van der Waals surface area contributed by atoms with E-state index in [0.29, 0.717) is 35.6 Å². The fourth-order valence-corrected chi connectivity index (χ4v) is 2.34. The number of phenolic OH excluding ortho intramolecular Hbond substituents is 1. The minimum absolute atomic E-state index is 0.113. The Labute approximate surface area is 118 Å². The van der Waals surface area contributed by atoms with Crippen molar-refractivity contribution in [1.29, 1.82) is 0 Å². The van der Waals surface area contributed by atoms with Gasteiger partial charge in [0.1, 0.15) is 5.75 Å². The van der Waals surface area contributed by atoms with Crippen molar-refractivity contribution >= 4 is 21.9 Å². The zero-order valence-corrected chi connectivity index (χ0v) is 11.6. The van der Waals surface area contributed by atoms with Crippen molar-refractivity contribution in [2.24, 2.45) is 5.73 Å². The minimum atomic E-state index is -1.05. The van der Waals surface area contributed by atoms with Gasteiger partial charge in [0.05, 0.1) is 29.7 Å². The van der Waals surface area contributed by atoms with E-state index in [1.165, 1.54) is 0 Å². The molecule has 0 spiro atoms. The summed E-state index contributed by atoms with van der Waals surface area (Å²) in [6.07, 6.45) is 0.403.